The van der Waals surface area contributed by atoms with Crippen molar-refractivity contribution in [1.29, 1.82) is 0 Å². The maximum atomic E-state index is 14.2. The van der Waals surface area contributed by atoms with E-state index in [4.69, 9.17) is 21.1 Å². The minimum absolute atomic E-state index is 0.0679. The zero-order valence-electron chi connectivity index (χ0n) is 16.3. The number of carbonyl (C=O) groups is 1. The number of fused-ring (bicyclic) bond motifs is 1. The highest BCUT2D eigenvalue weighted by molar-refractivity contribution is 6.30. The lowest BCUT2D eigenvalue weighted by Crippen LogP contribution is -2.39. The fraction of sp³-hybridized carbons (Fsp3) is 0.409. The summed E-state index contributed by atoms with van der Waals surface area (Å²) < 4.78 is 24.6. The van der Waals surface area contributed by atoms with Gasteiger partial charge in [0.05, 0.1) is 19.3 Å². The summed E-state index contributed by atoms with van der Waals surface area (Å²) in [6.45, 7) is 1.70. The van der Waals surface area contributed by atoms with E-state index in [0.29, 0.717) is 29.4 Å². The number of halogens is 2. The minimum atomic E-state index is -0.538. The molecule has 2 aromatic carbocycles. The van der Waals surface area contributed by atoms with Gasteiger partial charge in [0.2, 0.25) is 0 Å². The lowest BCUT2D eigenvalue weighted by Gasteiger charge is -2.30. The molecule has 2 aromatic rings. The van der Waals surface area contributed by atoms with Crippen LogP contribution in [0.15, 0.2) is 36.4 Å². The number of hydrogen-bond acceptors (Lipinski definition) is 5. The molecule has 0 saturated carbocycles. The first kappa shape index (κ1) is 21.6. The van der Waals surface area contributed by atoms with Crippen LogP contribution in [0.3, 0.4) is 0 Å². The maximum absolute atomic E-state index is 14.2. The molecule has 5 nitrogen and oxygen atoms in total. The molecule has 0 aliphatic heterocycles. The lowest BCUT2D eigenvalue weighted by molar-refractivity contribution is -0.145. The van der Waals surface area contributed by atoms with Crippen LogP contribution in [0.2, 0.25) is 5.02 Å². The van der Waals surface area contributed by atoms with Crippen molar-refractivity contribution in [1.82, 2.24) is 5.32 Å². The van der Waals surface area contributed by atoms with Gasteiger partial charge in [0.1, 0.15) is 11.6 Å². The van der Waals surface area contributed by atoms with Crippen LogP contribution < -0.4 is 10.1 Å². The second-order valence-electron chi connectivity index (χ2n) is 7.03. The molecule has 2 N–H and O–H groups in total. The number of aliphatic hydroxyl groups is 1. The number of rotatable bonds is 8. The van der Waals surface area contributed by atoms with Gasteiger partial charge in [0.25, 0.3) is 0 Å². The van der Waals surface area contributed by atoms with Crippen LogP contribution in [-0.2, 0) is 22.4 Å². The van der Waals surface area contributed by atoms with E-state index in [2.05, 4.69) is 5.32 Å². The molecular weight excluding hydrogens is 397 g/mol. The predicted molar refractivity (Wildman–Crippen MR) is 109 cm³/mol. The summed E-state index contributed by atoms with van der Waals surface area (Å²) in [6, 6.07) is 9.66. The summed E-state index contributed by atoms with van der Waals surface area (Å²) in [5.74, 6) is -0.192. The second kappa shape index (κ2) is 10.1. The first-order valence-electron chi connectivity index (χ1n) is 9.72. The number of nitrogens with one attached hydrogen (secondary N) is 1. The third-order valence-electron chi connectivity index (χ3n) is 5.02. The number of benzene rings is 2. The van der Waals surface area contributed by atoms with E-state index in [1.165, 1.54) is 17.7 Å². The Labute approximate surface area is 174 Å². The van der Waals surface area contributed by atoms with Crippen molar-refractivity contribution in [2.75, 3.05) is 19.8 Å². The minimum Gasteiger partial charge on any atom is -0.482 e. The van der Waals surface area contributed by atoms with Crippen LogP contribution in [0.5, 0.6) is 5.75 Å². The summed E-state index contributed by atoms with van der Waals surface area (Å²) in [5.41, 5.74) is 2.69. The van der Waals surface area contributed by atoms with Crippen molar-refractivity contribution >= 4 is 17.6 Å². The highest BCUT2D eigenvalue weighted by Gasteiger charge is 2.24. The Morgan fingerprint density at radius 3 is 2.90 bits per heavy atom. The zero-order chi connectivity index (χ0) is 20.8. The molecule has 1 unspecified atom stereocenters. The maximum Gasteiger partial charge on any atom is 0.344 e. The highest BCUT2D eigenvalue weighted by Crippen LogP contribution is 2.28. The van der Waals surface area contributed by atoms with Crippen LogP contribution >= 0.6 is 11.6 Å². The van der Waals surface area contributed by atoms with Gasteiger partial charge in [-0.3, -0.25) is 0 Å². The number of esters is 1. The van der Waals surface area contributed by atoms with Gasteiger partial charge in [-0.15, -0.1) is 0 Å². The van der Waals surface area contributed by atoms with Gasteiger partial charge in [0, 0.05) is 16.6 Å². The van der Waals surface area contributed by atoms with E-state index < -0.39 is 17.8 Å². The van der Waals surface area contributed by atoms with Gasteiger partial charge in [-0.2, -0.15) is 0 Å². The molecule has 0 aromatic heterocycles. The topological polar surface area (TPSA) is 67.8 Å². The van der Waals surface area contributed by atoms with Crippen molar-refractivity contribution < 1.29 is 23.8 Å². The van der Waals surface area contributed by atoms with E-state index in [9.17, 15) is 14.3 Å². The first-order valence-corrected chi connectivity index (χ1v) is 10.1. The van der Waals surface area contributed by atoms with Gasteiger partial charge in [0.15, 0.2) is 6.61 Å². The van der Waals surface area contributed by atoms with Crippen LogP contribution in [0.25, 0.3) is 0 Å². The summed E-state index contributed by atoms with van der Waals surface area (Å²) in [7, 11) is 0. The monoisotopic (exact) mass is 421 g/mol. The fourth-order valence-corrected chi connectivity index (χ4v) is 3.80. The summed E-state index contributed by atoms with van der Waals surface area (Å²) in [6.07, 6.45) is 2.45. The first-order chi connectivity index (χ1) is 14.0. The zero-order valence-corrected chi connectivity index (χ0v) is 17.0. The van der Waals surface area contributed by atoms with E-state index in [1.807, 2.05) is 18.2 Å². The normalized spacial score (nSPS) is 16.8. The Morgan fingerprint density at radius 1 is 1.31 bits per heavy atom. The molecule has 7 heteroatoms. The third-order valence-corrected chi connectivity index (χ3v) is 5.26. The molecule has 0 saturated heterocycles. The summed E-state index contributed by atoms with van der Waals surface area (Å²) in [4.78, 5) is 11.5. The number of ether oxygens (including phenoxy) is 2. The summed E-state index contributed by atoms with van der Waals surface area (Å²) >= 11 is 5.99. The van der Waals surface area contributed by atoms with Crippen LogP contribution in [-0.4, -0.2) is 36.9 Å². The van der Waals surface area contributed by atoms with Crippen molar-refractivity contribution in [2.45, 2.75) is 38.3 Å². The van der Waals surface area contributed by atoms with Gasteiger partial charge in [-0.1, -0.05) is 17.7 Å². The molecule has 0 amide bonds. The molecule has 0 radical (unpaired) electrons. The molecule has 1 aliphatic rings. The molecule has 0 bridgehead atoms. The highest BCUT2D eigenvalue weighted by atomic mass is 35.5. The van der Waals surface area contributed by atoms with Crippen LogP contribution in [0, 0.1) is 5.82 Å². The van der Waals surface area contributed by atoms with Crippen LogP contribution in [0.1, 0.15) is 36.1 Å². The predicted octanol–water partition coefficient (Wildman–Crippen LogP) is 3.60. The number of aryl methyl sites for hydroxylation is 1. The average molecular weight is 422 g/mol. The Morgan fingerprint density at radius 2 is 2.14 bits per heavy atom. The molecule has 2 atom stereocenters. The molecule has 1 aliphatic carbocycles. The molecule has 0 heterocycles. The Bertz CT molecular complexity index is 861. The molecule has 156 valence electrons. The standard InChI is InChI=1S/C22H25ClFNO4/c1-2-28-22(27)13-29-18-7-4-14-3-6-17(9-15(14)10-18)25-21(12-26)19-11-16(23)5-8-20(19)24/h4-5,7-8,10-11,17,21,25-26H,2-3,6,9,12-13H2,1H3/t17?,21-/m1/s1. The van der Waals surface area contributed by atoms with Crippen LogP contribution in [0.4, 0.5) is 4.39 Å². The van der Waals surface area contributed by atoms with E-state index in [1.54, 1.807) is 13.0 Å². The van der Waals surface area contributed by atoms with Crippen molar-refractivity contribution in [3.8, 4) is 5.75 Å². The number of hydrogen-bond donors (Lipinski definition) is 2. The lowest BCUT2D eigenvalue weighted by atomic mass is 9.87. The van der Waals surface area contributed by atoms with Crippen molar-refractivity contribution in [2.24, 2.45) is 0 Å². The Hall–Kier alpha value is -2.15. The second-order valence-corrected chi connectivity index (χ2v) is 7.47. The smallest absolute Gasteiger partial charge is 0.344 e. The largest absolute Gasteiger partial charge is 0.482 e. The Balaban J connectivity index is 1.67. The SMILES string of the molecule is CCOC(=O)COc1ccc2c(c1)CC(N[C@H](CO)c1cc(Cl)ccc1F)CC2. The van der Waals surface area contributed by atoms with Gasteiger partial charge in [-0.25, -0.2) is 9.18 Å². The average Bonchev–Trinajstić information content (AvgIpc) is 2.72. The molecule has 29 heavy (non-hydrogen) atoms. The van der Waals surface area contributed by atoms with E-state index >= 15 is 0 Å². The molecule has 0 fully saturated rings. The van der Waals surface area contributed by atoms with Crippen molar-refractivity contribution in [3.63, 3.8) is 0 Å². The molecule has 3 rings (SSSR count). The van der Waals surface area contributed by atoms with Gasteiger partial charge in [-0.05, 0) is 67.6 Å². The van der Waals surface area contributed by atoms with E-state index in [-0.39, 0.29) is 19.3 Å². The summed E-state index contributed by atoms with van der Waals surface area (Å²) in [5, 5.41) is 13.6. The van der Waals surface area contributed by atoms with Crippen molar-refractivity contribution in [3.05, 3.63) is 63.9 Å². The van der Waals surface area contributed by atoms with Gasteiger partial charge < -0.3 is 19.9 Å². The molecular formula is C22H25ClFNO4. The fourth-order valence-electron chi connectivity index (χ4n) is 3.62. The number of carbonyl (C=O) groups excluding carboxylic acids is 1. The number of aliphatic hydroxyl groups excluding tert-OH is 1. The van der Waals surface area contributed by atoms with E-state index in [0.717, 1.165) is 18.4 Å². The van der Waals surface area contributed by atoms with Gasteiger partial charge >= 0.3 is 5.97 Å². The quantitative estimate of drug-likeness (QED) is 0.637. The third kappa shape index (κ3) is 5.69. The Kier molecular flexibility index (Phi) is 7.47. The molecule has 0 spiro atoms.